The zero-order valence-electron chi connectivity index (χ0n) is 35.8. The minimum Gasteiger partial charge on any atom is -0.466 e. The largest absolute Gasteiger partial charge is 0.466 e. The van der Waals surface area contributed by atoms with Crippen molar-refractivity contribution in [1.82, 2.24) is 4.90 Å². The molecule has 0 spiro atoms. The molecule has 0 radical (unpaired) electrons. The average Bonchev–Trinajstić information content (AvgIpc) is 3.12. The van der Waals surface area contributed by atoms with E-state index in [1.807, 2.05) is 0 Å². The number of carbonyl (C=O) groups excluding carboxylic acids is 2. The highest BCUT2D eigenvalue weighted by molar-refractivity contribution is 5.69. The number of aliphatic hydroxyl groups is 1. The Labute approximate surface area is 324 Å². The van der Waals surface area contributed by atoms with Gasteiger partial charge in [0.15, 0.2) is 0 Å². The maximum Gasteiger partial charge on any atom is 0.306 e. The van der Waals surface area contributed by atoms with Crippen molar-refractivity contribution in [3.05, 3.63) is 0 Å². The highest BCUT2D eigenvalue weighted by Crippen LogP contribution is 2.30. The molecule has 0 aromatic heterocycles. The van der Waals surface area contributed by atoms with Crippen molar-refractivity contribution in [2.45, 2.75) is 246 Å². The van der Waals surface area contributed by atoms with Gasteiger partial charge in [0, 0.05) is 19.4 Å². The number of hydrogen-bond acceptors (Lipinski definition) is 6. The predicted molar refractivity (Wildman–Crippen MR) is 223 cm³/mol. The molecule has 0 bridgehead atoms. The number of nitrogens with zero attached hydrogens (tertiary/aromatic N) is 1. The molecule has 0 atom stereocenters. The summed E-state index contributed by atoms with van der Waals surface area (Å²) in [6, 6.07) is 0. The molecule has 6 nitrogen and oxygen atoms in total. The van der Waals surface area contributed by atoms with Crippen LogP contribution in [0.15, 0.2) is 0 Å². The van der Waals surface area contributed by atoms with E-state index in [9.17, 15) is 14.7 Å². The van der Waals surface area contributed by atoms with Crippen LogP contribution in [-0.2, 0) is 19.1 Å². The van der Waals surface area contributed by atoms with Crippen LogP contribution >= 0.6 is 0 Å². The Balaban J connectivity index is 4.20. The van der Waals surface area contributed by atoms with Gasteiger partial charge in [-0.2, -0.15) is 0 Å². The minimum absolute atomic E-state index is 0.00349. The van der Waals surface area contributed by atoms with Crippen molar-refractivity contribution >= 4 is 11.9 Å². The second kappa shape index (κ2) is 38.1. The number of rotatable bonds is 41. The van der Waals surface area contributed by atoms with Crippen molar-refractivity contribution < 1.29 is 24.2 Å². The third-order valence-electron chi connectivity index (χ3n) is 10.9. The molecule has 0 aliphatic rings. The topological polar surface area (TPSA) is 76.1 Å². The lowest BCUT2D eigenvalue weighted by atomic mass is 9.82. The molecule has 0 aliphatic heterocycles. The van der Waals surface area contributed by atoms with Crippen LogP contribution in [0, 0.1) is 5.41 Å². The lowest BCUT2D eigenvalue weighted by Crippen LogP contribution is -2.29. The van der Waals surface area contributed by atoms with Crippen LogP contribution in [0.5, 0.6) is 0 Å². The maximum absolute atomic E-state index is 13.0. The summed E-state index contributed by atoms with van der Waals surface area (Å²) >= 11 is 0. The Bertz CT molecular complexity index is 756. The van der Waals surface area contributed by atoms with Crippen LogP contribution in [0.1, 0.15) is 240 Å². The van der Waals surface area contributed by atoms with Crippen LogP contribution in [0.2, 0.25) is 0 Å². The van der Waals surface area contributed by atoms with E-state index in [2.05, 4.69) is 39.5 Å². The number of carbonyl (C=O) groups is 2. The number of hydrogen-bond donors (Lipinski definition) is 1. The summed E-state index contributed by atoms with van der Waals surface area (Å²) in [5.74, 6) is -0.0555. The molecular formula is C46H91NO5. The fourth-order valence-corrected chi connectivity index (χ4v) is 7.25. The van der Waals surface area contributed by atoms with E-state index in [0.29, 0.717) is 26.0 Å². The monoisotopic (exact) mass is 738 g/mol. The number of esters is 2. The molecule has 52 heavy (non-hydrogen) atoms. The smallest absolute Gasteiger partial charge is 0.306 e. The summed E-state index contributed by atoms with van der Waals surface area (Å²) in [4.78, 5) is 27.5. The van der Waals surface area contributed by atoms with Gasteiger partial charge in [0.25, 0.3) is 0 Å². The van der Waals surface area contributed by atoms with Gasteiger partial charge in [0.2, 0.25) is 0 Å². The third-order valence-corrected chi connectivity index (χ3v) is 10.9. The molecule has 0 unspecified atom stereocenters. The molecule has 0 amide bonds. The zero-order valence-corrected chi connectivity index (χ0v) is 35.8. The Morgan fingerprint density at radius 2 is 0.981 bits per heavy atom. The van der Waals surface area contributed by atoms with Gasteiger partial charge in [0.05, 0.1) is 13.2 Å². The maximum atomic E-state index is 13.0. The van der Waals surface area contributed by atoms with E-state index in [-0.39, 0.29) is 30.1 Å². The Kier molecular flexibility index (Phi) is 37.3. The quantitative estimate of drug-likeness (QED) is 0.0497. The summed E-state index contributed by atoms with van der Waals surface area (Å²) < 4.78 is 11.6. The van der Waals surface area contributed by atoms with E-state index in [4.69, 9.17) is 9.47 Å². The second-order valence-corrected chi connectivity index (χ2v) is 16.8. The molecule has 0 heterocycles. The van der Waals surface area contributed by atoms with Crippen LogP contribution in [0.4, 0.5) is 0 Å². The van der Waals surface area contributed by atoms with E-state index >= 15 is 0 Å². The van der Waals surface area contributed by atoms with Crippen LogP contribution < -0.4 is 0 Å². The van der Waals surface area contributed by atoms with Crippen molar-refractivity contribution in [2.75, 3.05) is 32.8 Å². The highest BCUT2D eigenvalue weighted by Gasteiger charge is 2.21. The second-order valence-electron chi connectivity index (χ2n) is 16.8. The highest BCUT2D eigenvalue weighted by atomic mass is 16.5. The number of aliphatic hydroxyl groups excluding tert-OH is 1. The van der Waals surface area contributed by atoms with Gasteiger partial charge in [0.1, 0.15) is 6.10 Å². The minimum atomic E-state index is -0.0520. The molecule has 0 saturated carbocycles. The van der Waals surface area contributed by atoms with Crippen LogP contribution in [0.25, 0.3) is 0 Å². The molecule has 0 fully saturated rings. The first-order valence-electron chi connectivity index (χ1n) is 23.0. The molecule has 1 N–H and O–H groups in total. The van der Waals surface area contributed by atoms with Crippen molar-refractivity contribution in [3.8, 4) is 0 Å². The lowest BCUT2D eigenvalue weighted by Gasteiger charge is -2.26. The predicted octanol–water partition coefficient (Wildman–Crippen LogP) is 13.3. The first-order valence-corrected chi connectivity index (χ1v) is 23.0. The van der Waals surface area contributed by atoms with E-state index in [1.165, 1.54) is 122 Å². The summed E-state index contributed by atoms with van der Waals surface area (Å²) in [6.45, 7) is 14.7. The summed E-state index contributed by atoms with van der Waals surface area (Å²) in [6.07, 6.45) is 37.0. The molecule has 0 aromatic carbocycles. The van der Waals surface area contributed by atoms with Gasteiger partial charge >= 0.3 is 11.9 Å². The van der Waals surface area contributed by atoms with Gasteiger partial charge in [-0.1, -0.05) is 163 Å². The average molecular weight is 738 g/mol. The third kappa shape index (κ3) is 35.9. The molecular weight excluding hydrogens is 647 g/mol. The summed E-state index contributed by atoms with van der Waals surface area (Å²) in [7, 11) is 0. The first-order chi connectivity index (χ1) is 25.3. The summed E-state index contributed by atoms with van der Waals surface area (Å²) in [5.41, 5.74) is 0.109. The molecule has 0 aliphatic carbocycles. The molecule has 310 valence electrons. The van der Waals surface area contributed by atoms with E-state index in [1.54, 1.807) is 0 Å². The van der Waals surface area contributed by atoms with Gasteiger partial charge in [-0.25, -0.2) is 0 Å². The van der Waals surface area contributed by atoms with Crippen molar-refractivity contribution in [3.63, 3.8) is 0 Å². The summed E-state index contributed by atoms with van der Waals surface area (Å²) in [5, 5.41) is 9.61. The van der Waals surface area contributed by atoms with Crippen LogP contribution in [0.3, 0.4) is 0 Å². The van der Waals surface area contributed by atoms with E-state index in [0.717, 1.165) is 83.7 Å². The van der Waals surface area contributed by atoms with Crippen molar-refractivity contribution in [2.24, 2.45) is 5.41 Å². The lowest BCUT2D eigenvalue weighted by molar-refractivity contribution is -0.150. The standard InChI is InChI=1S/C46H91NO5/c1-6-9-12-15-18-19-20-23-31-42-51-44(49)34-27-24-29-38-47(40-41-48)39-30-28-36-46(4,5)37-35-45(50)52-43(32-25-21-16-13-10-7-2)33-26-22-17-14-11-8-3/h43,48H,6-42H2,1-5H3. The SMILES string of the molecule is CCCCCCCCCCCOC(=O)CCCCCN(CCO)CCCCC(C)(C)CCC(=O)OC(CCCCCCCC)CCCCCCCC. The van der Waals surface area contributed by atoms with Gasteiger partial charge in [-0.3, -0.25) is 9.59 Å². The molecule has 6 heteroatoms. The van der Waals surface area contributed by atoms with Gasteiger partial charge < -0.3 is 19.5 Å². The fraction of sp³-hybridized carbons (Fsp3) is 0.957. The van der Waals surface area contributed by atoms with Gasteiger partial charge in [-0.15, -0.1) is 0 Å². The molecule has 0 aromatic rings. The van der Waals surface area contributed by atoms with Gasteiger partial charge in [-0.05, 0) is 82.7 Å². The fourth-order valence-electron chi connectivity index (χ4n) is 7.25. The van der Waals surface area contributed by atoms with Crippen LogP contribution in [-0.4, -0.2) is 60.9 Å². The Morgan fingerprint density at radius 3 is 1.50 bits per heavy atom. The first kappa shape index (κ1) is 50.9. The number of ether oxygens (including phenoxy) is 2. The number of unbranched alkanes of at least 4 members (excludes halogenated alkanes) is 21. The Morgan fingerprint density at radius 1 is 0.519 bits per heavy atom. The normalized spacial score (nSPS) is 11.9. The van der Waals surface area contributed by atoms with E-state index < -0.39 is 0 Å². The Hall–Kier alpha value is -1.14. The molecule has 0 rings (SSSR count). The molecule has 0 saturated heterocycles. The zero-order chi connectivity index (χ0) is 38.4. The van der Waals surface area contributed by atoms with Crippen molar-refractivity contribution in [1.29, 1.82) is 0 Å².